The zero-order valence-corrected chi connectivity index (χ0v) is 20.5. The Bertz CT molecular complexity index is 1440. The molecule has 1 fully saturated rings. The summed E-state index contributed by atoms with van der Waals surface area (Å²) in [4.78, 5) is 53.2. The Morgan fingerprint density at radius 1 is 1.00 bits per heavy atom. The number of ether oxygens (including phenoxy) is 3. The van der Waals surface area contributed by atoms with Gasteiger partial charge in [0.05, 0.1) is 12.0 Å². The number of nitrogens with zero attached hydrogens (tertiary/aromatic N) is 2. The molecular formula is C27H26N2O8. The minimum Gasteiger partial charge on any atom is -0.485 e. The Balaban J connectivity index is 1.22. The van der Waals surface area contributed by atoms with Gasteiger partial charge < -0.3 is 28.4 Å². The summed E-state index contributed by atoms with van der Waals surface area (Å²) in [5.74, 6) is 0.541. The lowest BCUT2D eigenvalue weighted by Crippen LogP contribution is -2.55. The number of benzene rings is 2. The Hall–Kier alpha value is -4.34. The number of fused-ring (bicyclic) bond motifs is 2. The second-order valence-electron chi connectivity index (χ2n) is 8.99. The Morgan fingerprint density at radius 3 is 2.43 bits per heavy atom. The molecule has 2 amide bonds. The van der Waals surface area contributed by atoms with E-state index in [2.05, 4.69) is 0 Å². The first-order valence-corrected chi connectivity index (χ1v) is 12.0. The first-order valence-electron chi connectivity index (χ1n) is 12.0. The maximum atomic E-state index is 13.0. The monoisotopic (exact) mass is 506 g/mol. The van der Waals surface area contributed by atoms with E-state index in [0.717, 1.165) is 0 Å². The van der Waals surface area contributed by atoms with Gasteiger partial charge in [0.25, 0.3) is 5.91 Å². The van der Waals surface area contributed by atoms with Crippen LogP contribution in [0.5, 0.6) is 17.2 Å². The van der Waals surface area contributed by atoms with Crippen LogP contribution in [0.15, 0.2) is 51.7 Å². The van der Waals surface area contributed by atoms with Gasteiger partial charge >= 0.3 is 11.6 Å². The average Bonchev–Trinajstić information content (AvgIpc) is 2.90. The Labute approximate surface area is 212 Å². The number of para-hydroxylation sites is 2. The number of esters is 1. The summed E-state index contributed by atoms with van der Waals surface area (Å²) in [6.45, 7) is 4.58. The van der Waals surface area contributed by atoms with Crippen LogP contribution in [-0.4, -0.2) is 66.5 Å². The smallest absolute Gasteiger partial charge is 0.340 e. The van der Waals surface area contributed by atoms with Crippen LogP contribution in [0.1, 0.15) is 18.1 Å². The molecule has 0 bridgehead atoms. The van der Waals surface area contributed by atoms with Crippen molar-refractivity contribution in [1.29, 1.82) is 0 Å². The molecule has 0 spiro atoms. The lowest BCUT2D eigenvalue weighted by atomic mass is 10.0. The molecule has 2 aliphatic rings. The van der Waals surface area contributed by atoms with E-state index in [-0.39, 0.29) is 41.7 Å². The molecule has 3 aromatic rings. The highest BCUT2D eigenvalue weighted by Gasteiger charge is 2.33. The maximum absolute atomic E-state index is 13.0. The van der Waals surface area contributed by atoms with Crippen LogP contribution in [0.4, 0.5) is 0 Å². The van der Waals surface area contributed by atoms with Gasteiger partial charge in [-0.05, 0) is 36.8 Å². The molecule has 2 aliphatic heterocycles. The second-order valence-corrected chi connectivity index (χ2v) is 8.99. The minimum absolute atomic E-state index is 0.111. The van der Waals surface area contributed by atoms with Crippen LogP contribution < -0.4 is 19.8 Å². The fourth-order valence-corrected chi connectivity index (χ4v) is 4.59. The Kier molecular flexibility index (Phi) is 6.56. The third-order valence-corrected chi connectivity index (χ3v) is 6.58. The van der Waals surface area contributed by atoms with E-state index in [9.17, 15) is 19.2 Å². The summed E-state index contributed by atoms with van der Waals surface area (Å²) in [5, 5.41) is 0.657. The number of hydrogen-bond donors (Lipinski definition) is 0. The van der Waals surface area contributed by atoms with E-state index in [1.165, 1.54) is 13.0 Å². The van der Waals surface area contributed by atoms with Crippen molar-refractivity contribution in [1.82, 2.24) is 9.80 Å². The second kappa shape index (κ2) is 9.96. The summed E-state index contributed by atoms with van der Waals surface area (Å²) in [5.41, 5.74) is 0.586. The summed E-state index contributed by atoms with van der Waals surface area (Å²) in [6.07, 6.45) is -0.844. The molecule has 2 aromatic carbocycles. The van der Waals surface area contributed by atoms with Crippen molar-refractivity contribution in [3.63, 3.8) is 0 Å². The van der Waals surface area contributed by atoms with Crippen LogP contribution in [-0.2, 0) is 20.8 Å². The van der Waals surface area contributed by atoms with Gasteiger partial charge in [-0.1, -0.05) is 12.1 Å². The van der Waals surface area contributed by atoms with E-state index < -0.39 is 17.7 Å². The van der Waals surface area contributed by atoms with Gasteiger partial charge in [0.1, 0.15) is 17.9 Å². The van der Waals surface area contributed by atoms with Crippen molar-refractivity contribution in [2.45, 2.75) is 26.4 Å². The van der Waals surface area contributed by atoms with Gasteiger partial charge in [0.15, 0.2) is 11.5 Å². The zero-order valence-electron chi connectivity index (χ0n) is 20.5. The molecule has 192 valence electrons. The molecule has 0 N–H and O–H groups in total. The van der Waals surface area contributed by atoms with Crippen molar-refractivity contribution in [3.05, 3.63) is 64.0 Å². The molecule has 10 nitrogen and oxygen atoms in total. The molecule has 3 heterocycles. The number of piperazine rings is 1. The van der Waals surface area contributed by atoms with E-state index in [1.54, 1.807) is 41.0 Å². The van der Waals surface area contributed by atoms with Gasteiger partial charge in [-0.3, -0.25) is 14.4 Å². The lowest BCUT2D eigenvalue weighted by Gasteiger charge is -2.37. The number of carbonyl (C=O) groups excluding carboxylic acids is 3. The lowest BCUT2D eigenvalue weighted by molar-refractivity contribution is -0.146. The third-order valence-electron chi connectivity index (χ3n) is 6.58. The van der Waals surface area contributed by atoms with Gasteiger partial charge in [-0.25, -0.2) is 4.79 Å². The highest BCUT2D eigenvalue weighted by Crippen LogP contribution is 2.31. The van der Waals surface area contributed by atoms with Crippen molar-refractivity contribution in [2.24, 2.45) is 0 Å². The van der Waals surface area contributed by atoms with Crippen LogP contribution in [0.3, 0.4) is 0 Å². The normalized spacial score (nSPS) is 17.0. The van der Waals surface area contributed by atoms with Gasteiger partial charge in [0, 0.05) is 44.6 Å². The van der Waals surface area contributed by atoms with Gasteiger partial charge in [0.2, 0.25) is 12.0 Å². The quantitative estimate of drug-likeness (QED) is 0.300. The number of carbonyl (C=O) groups is 3. The predicted molar refractivity (Wildman–Crippen MR) is 132 cm³/mol. The van der Waals surface area contributed by atoms with E-state index in [0.29, 0.717) is 48.6 Å². The summed E-state index contributed by atoms with van der Waals surface area (Å²) in [6, 6.07) is 12.0. The van der Waals surface area contributed by atoms with Crippen LogP contribution in [0, 0.1) is 6.92 Å². The van der Waals surface area contributed by atoms with E-state index in [4.69, 9.17) is 18.6 Å². The molecule has 0 unspecified atom stereocenters. The van der Waals surface area contributed by atoms with Gasteiger partial charge in [-0.15, -0.1) is 0 Å². The maximum Gasteiger partial charge on any atom is 0.340 e. The number of rotatable bonds is 4. The first-order chi connectivity index (χ1) is 17.8. The zero-order chi connectivity index (χ0) is 26.1. The molecule has 37 heavy (non-hydrogen) atoms. The van der Waals surface area contributed by atoms with Crippen molar-refractivity contribution in [2.75, 3.05) is 32.8 Å². The first kappa shape index (κ1) is 24.4. The summed E-state index contributed by atoms with van der Waals surface area (Å²) >= 11 is 0. The molecule has 1 atom stereocenters. The standard InChI is InChI=1S/C27H26N2O8/c1-16-19-8-7-18(35-17(2)30)13-23(19)37-27(33)20(16)14-25(31)28-9-11-29(12-10-28)26(32)24-15-34-21-5-3-4-6-22(21)36-24/h3-8,13,24H,9-12,14-15H2,1-2H3/t24-/m1/s1. The predicted octanol–water partition coefficient (Wildman–Crippen LogP) is 2.08. The fourth-order valence-electron chi connectivity index (χ4n) is 4.59. The van der Waals surface area contributed by atoms with Crippen molar-refractivity contribution < 1.29 is 33.0 Å². The van der Waals surface area contributed by atoms with Gasteiger partial charge in [-0.2, -0.15) is 0 Å². The highest BCUT2D eigenvalue weighted by atomic mass is 16.6. The SMILES string of the molecule is CC(=O)Oc1ccc2c(C)c(CC(=O)N3CCN(C(=O)[C@H]4COc5ccccc5O4)CC3)c(=O)oc2c1. The molecule has 0 saturated carbocycles. The molecule has 1 aromatic heterocycles. The minimum atomic E-state index is -0.733. The molecule has 10 heteroatoms. The topological polar surface area (TPSA) is 116 Å². The largest absolute Gasteiger partial charge is 0.485 e. The average molecular weight is 507 g/mol. The summed E-state index contributed by atoms with van der Waals surface area (Å²) < 4.78 is 22.0. The molecular weight excluding hydrogens is 480 g/mol. The molecule has 5 rings (SSSR count). The summed E-state index contributed by atoms with van der Waals surface area (Å²) in [7, 11) is 0. The van der Waals surface area contributed by atoms with Crippen LogP contribution >= 0.6 is 0 Å². The third kappa shape index (κ3) is 5.00. The number of hydrogen-bond acceptors (Lipinski definition) is 8. The fraction of sp³-hybridized carbons (Fsp3) is 0.333. The van der Waals surface area contributed by atoms with E-state index >= 15 is 0 Å². The highest BCUT2D eigenvalue weighted by molar-refractivity contribution is 5.86. The van der Waals surface area contributed by atoms with E-state index in [1.807, 2.05) is 12.1 Å². The molecule has 0 radical (unpaired) electrons. The number of aryl methyl sites for hydroxylation is 1. The Morgan fingerprint density at radius 2 is 1.70 bits per heavy atom. The number of amides is 2. The van der Waals surface area contributed by atoms with Crippen LogP contribution in [0.2, 0.25) is 0 Å². The van der Waals surface area contributed by atoms with Crippen molar-refractivity contribution >= 4 is 28.8 Å². The molecule has 1 saturated heterocycles. The van der Waals surface area contributed by atoms with Crippen molar-refractivity contribution in [3.8, 4) is 17.2 Å². The van der Waals surface area contributed by atoms with Crippen LogP contribution in [0.25, 0.3) is 11.0 Å². The molecule has 0 aliphatic carbocycles.